The van der Waals surface area contributed by atoms with E-state index in [1.807, 2.05) is 6.54 Å². The molecule has 0 spiro atoms. The van der Waals surface area contributed by atoms with Crippen molar-refractivity contribution in [3.05, 3.63) is 6.54 Å². The molecule has 0 saturated carbocycles. The molecule has 0 saturated heterocycles. The van der Waals surface area contributed by atoms with Crippen LogP contribution in [0.2, 0.25) is 0 Å². The number of nitrogens with zero attached hydrogens (tertiary/aromatic N) is 1. The average Bonchev–Trinajstić information content (AvgIpc) is 2.52. The Labute approximate surface area is 72.1 Å². The lowest BCUT2D eigenvalue weighted by molar-refractivity contribution is 0.230. The third-order valence-corrected chi connectivity index (χ3v) is 2.63. The Balaban J connectivity index is 2.23. The third kappa shape index (κ3) is 2.83. The predicted octanol–water partition coefficient (Wildman–Crippen LogP) is 1.84. The molecular weight excluding hydrogens is 158 g/mol. The van der Waals surface area contributed by atoms with Crippen LogP contribution in [0.5, 0.6) is 0 Å². The van der Waals surface area contributed by atoms with Crippen LogP contribution in [0.25, 0.3) is 0 Å². The zero-order valence-corrected chi connectivity index (χ0v) is 7.60. The van der Waals surface area contributed by atoms with E-state index in [1.165, 1.54) is 0 Å². The number of hydrogen-bond donors (Lipinski definition) is 1. The van der Waals surface area contributed by atoms with Gasteiger partial charge in [-0.3, -0.25) is 4.99 Å². The summed E-state index contributed by atoms with van der Waals surface area (Å²) >= 11 is 1.65. The van der Waals surface area contributed by atoms with E-state index in [0.717, 1.165) is 30.1 Å². The smallest absolute Gasteiger partial charge is 0.102 e. The molecule has 1 aliphatic heterocycles. The number of rotatable bonds is 4. The largest absolute Gasteiger partial charge is 0.386 e. The molecule has 1 rings (SSSR count). The molecule has 0 bridgehead atoms. The highest BCUT2D eigenvalue weighted by atomic mass is 32.2. The van der Waals surface area contributed by atoms with Gasteiger partial charge in [-0.25, -0.2) is 0 Å². The summed E-state index contributed by atoms with van der Waals surface area (Å²) in [6, 6.07) is 0. The molecule has 0 aromatic heterocycles. The topological polar surface area (TPSA) is 32.6 Å². The van der Waals surface area contributed by atoms with Gasteiger partial charge in [-0.1, -0.05) is 19.8 Å². The number of unbranched alkanes of at least 4 members (excludes halogenated alkanes) is 1. The van der Waals surface area contributed by atoms with Crippen LogP contribution in [0.15, 0.2) is 4.99 Å². The van der Waals surface area contributed by atoms with Gasteiger partial charge in [-0.15, -0.1) is 11.8 Å². The van der Waals surface area contributed by atoms with E-state index in [-0.39, 0.29) is 6.10 Å². The minimum Gasteiger partial charge on any atom is -0.386 e. The van der Waals surface area contributed by atoms with Crippen LogP contribution in [-0.4, -0.2) is 22.0 Å². The maximum Gasteiger partial charge on any atom is 0.102 e. The molecule has 1 aliphatic rings. The lowest BCUT2D eigenvalue weighted by Crippen LogP contribution is -2.15. The number of aliphatic imine (C=N–C) groups is 1. The van der Waals surface area contributed by atoms with E-state index in [0.29, 0.717) is 0 Å². The predicted molar refractivity (Wildman–Crippen MR) is 49.7 cm³/mol. The molecule has 63 valence electrons. The fraction of sp³-hybridized carbons (Fsp3) is 0.750. The minimum atomic E-state index is -0.307. The molecule has 1 heterocycles. The van der Waals surface area contributed by atoms with E-state index in [1.54, 1.807) is 11.8 Å². The Morgan fingerprint density at radius 3 is 3.18 bits per heavy atom. The normalized spacial score (nSPS) is 20.0. The molecule has 0 aromatic carbocycles. The molecule has 1 atom stereocenters. The van der Waals surface area contributed by atoms with E-state index < -0.39 is 0 Å². The zero-order valence-electron chi connectivity index (χ0n) is 6.79. The van der Waals surface area contributed by atoms with E-state index in [2.05, 4.69) is 11.9 Å². The first kappa shape index (κ1) is 9.07. The number of hydrogen-bond acceptors (Lipinski definition) is 3. The maximum atomic E-state index is 9.51. The molecule has 1 N–H and O–H groups in total. The second-order valence-electron chi connectivity index (χ2n) is 2.62. The molecule has 0 fully saturated rings. The SMILES string of the molecule is CCCCC(O)C1=N[CH]CS1. The third-order valence-electron chi connectivity index (χ3n) is 1.64. The van der Waals surface area contributed by atoms with Gasteiger partial charge in [-0.05, 0) is 6.42 Å². The quantitative estimate of drug-likeness (QED) is 0.702. The summed E-state index contributed by atoms with van der Waals surface area (Å²) in [5.41, 5.74) is 0. The molecule has 0 amide bonds. The second-order valence-corrected chi connectivity index (χ2v) is 3.66. The van der Waals surface area contributed by atoms with Crippen molar-refractivity contribution in [2.24, 2.45) is 4.99 Å². The van der Waals surface area contributed by atoms with Crippen molar-refractivity contribution in [1.29, 1.82) is 0 Å². The van der Waals surface area contributed by atoms with Crippen LogP contribution in [-0.2, 0) is 0 Å². The van der Waals surface area contributed by atoms with Crippen molar-refractivity contribution in [1.82, 2.24) is 0 Å². The van der Waals surface area contributed by atoms with Crippen LogP contribution < -0.4 is 0 Å². The first-order chi connectivity index (χ1) is 5.34. The summed E-state index contributed by atoms with van der Waals surface area (Å²) in [6.07, 6.45) is 2.77. The summed E-state index contributed by atoms with van der Waals surface area (Å²) in [4.78, 5) is 4.09. The summed E-state index contributed by atoms with van der Waals surface area (Å²) < 4.78 is 0. The van der Waals surface area contributed by atoms with Gasteiger partial charge in [0.1, 0.15) is 6.10 Å². The number of aliphatic hydroxyl groups excluding tert-OH is 1. The highest BCUT2D eigenvalue weighted by molar-refractivity contribution is 8.14. The van der Waals surface area contributed by atoms with Crippen LogP contribution in [0.3, 0.4) is 0 Å². The van der Waals surface area contributed by atoms with Gasteiger partial charge in [0.25, 0.3) is 0 Å². The van der Waals surface area contributed by atoms with Crippen LogP contribution >= 0.6 is 11.8 Å². The summed E-state index contributed by atoms with van der Waals surface area (Å²) in [7, 11) is 0. The highest BCUT2D eigenvalue weighted by Crippen LogP contribution is 2.19. The fourth-order valence-electron chi connectivity index (χ4n) is 0.990. The van der Waals surface area contributed by atoms with E-state index in [4.69, 9.17) is 0 Å². The van der Waals surface area contributed by atoms with Crippen molar-refractivity contribution in [2.75, 3.05) is 5.75 Å². The van der Waals surface area contributed by atoms with Crippen LogP contribution in [0.1, 0.15) is 26.2 Å². The van der Waals surface area contributed by atoms with Gasteiger partial charge in [0.15, 0.2) is 0 Å². The lowest BCUT2D eigenvalue weighted by Gasteiger charge is -2.07. The van der Waals surface area contributed by atoms with Crippen molar-refractivity contribution in [3.63, 3.8) is 0 Å². The van der Waals surface area contributed by atoms with Gasteiger partial charge in [0.2, 0.25) is 0 Å². The standard InChI is InChI=1S/C8H14NOS/c1-2-3-4-7(10)8-9-5-6-11-8/h5,7,10H,2-4,6H2,1H3. The van der Waals surface area contributed by atoms with Crippen molar-refractivity contribution >= 4 is 16.8 Å². The lowest BCUT2D eigenvalue weighted by atomic mass is 10.2. The first-order valence-corrected chi connectivity index (χ1v) is 5.03. The molecule has 0 aromatic rings. The Hall–Kier alpha value is -0.0200. The van der Waals surface area contributed by atoms with Gasteiger partial charge in [0.05, 0.1) is 11.6 Å². The minimum absolute atomic E-state index is 0.307. The highest BCUT2D eigenvalue weighted by Gasteiger charge is 2.15. The van der Waals surface area contributed by atoms with Gasteiger partial charge < -0.3 is 5.11 Å². The average molecular weight is 172 g/mol. The number of aliphatic hydroxyl groups is 1. The monoisotopic (exact) mass is 172 g/mol. The van der Waals surface area contributed by atoms with E-state index in [9.17, 15) is 5.11 Å². The Bertz CT molecular complexity index is 147. The van der Waals surface area contributed by atoms with Crippen LogP contribution in [0.4, 0.5) is 0 Å². The zero-order chi connectivity index (χ0) is 8.10. The Morgan fingerprint density at radius 1 is 1.82 bits per heavy atom. The molecule has 1 radical (unpaired) electrons. The molecule has 11 heavy (non-hydrogen) atoms. The molecule has 2 nitrogen and oxygen atoms in total. The van der Waals surface area contributed by atoms with Crippen LogP contribution in [0, 0.1) is 6.54 Å². The van der Waals surface area contributed by atoms with Crippen molar-refractivity contribution < 1.29 is 5.11 Å². The molecule has 3 heteroatoms. The Kier molecular flexibility index (Phi) is 3.94. The first-order valence-electron chi connectivity index (χ1n) is 4.05. The van der Waals surface area contributed by atoms with Crippen molar-refractivity contribution in [3.8, 4) is 0 Å². The van der Waals surface area contributed by atoms with Gasteiger partial charge in [-0.2, -0.15) is 0 Å². The summed E-state index contributed by atoms with van der Waals surface area (Å²) in [6.45, 7) is 3.98. The number of thioether (sulfide) groups is 1. The van der Waals surface area contributed by atoms with Gasteiger partial charge >= 0.3 is 0 Å². The molecule has 0 aliphatic carbocycles. The summed E-state index contributed by atoms with van der Waals surface area (Å²) in [5.74, 6) is 0.929. The fourth-order valence-corrected chi connectivity index (χ4v) is 1.77. The molecular formula is C8H14NOS. The maximum absolute atomic E-state index is 9.51. The van der Waals surface area contributed by atoms with Gasteiger partial charge in [0, 0.05) is 5.75 Å². The van der Waals surface area contributed by atoms with Crippen molar-refractivity contribution in [2.45, 2.75) is 32.3 Å². The van der Waals surface area contributed by atoms with E-state index >= 15 is 0 Å². The summed E-state index contributed by atoms with van der Waals surface area (Å²) in [5, 5.41) is 10.4. The Morgan fingerprint density at radius 2 is 2.64 bits per heavy atom. The molecule has 1 unspecified atom stereocenters. The second kappa shape index (κ2) is 4.78.